The Morgan fingerprint density at radius 2 is 1.43 bits per heavy atom. The molecular weight excluding hydrogens is 611 g/mol. The number of carbonyl (C=O) groups is 2. The predicted molar refractivity (Wildman–Crippen MR) is 159 cm³/mol. The van der Waals surface area contributed by atoms with E-state index in [1.807, 2.05) is 0 Å². The molecule has 1 aliphatic rings. The van der Waals surface area contributed by atoms with E-state index in [2.05, 4.69) is 4.98 Å². The molecule has 1 aliphatic carbocycles. The SMILES string of the molecule is CCOC(=O)CC(OC)c1ccc(O)cc1.COC(CC(=O)O)c1ccc(OCC2(COc3ccc(C(F)(F)F)cn3)CC2)cc1. The monoisotopic (exact) mass is 649 g/mol. The van der Waals surface area contributed by atoms with Gasteiger partial charge in [0.05, 0.1) is 50.4 Å². The number of phenols is 1. The maximum absolute atomic E-state index is 12.6. The standard InChI is InChI=1S/C21H22F3NO5.C12H16O4/c1-28-17(10-19(26)27)14-2-5-16(6-3-14)29-12-20(8-9-20)13-30-18-7-4-15(11-25-18)21(22,23)24;1-3-16-12(14)8-11(15-2)9-4-6-10(13)7-5-9/h2-7,11,17H,8-10,12-13H2,1H3,(H,26,27);4-7,11,13H,3,8H2,1-2H3. The number of phenolic OH excluding ortho intramolecular Hbond substituents is 1. The van der Waals surface area contributed by atoms with E-state index in [-0.39, 0.29) is 42.0 Å². The van der Waals surface area contributed by atoms with Gasteiger partial charge in [-0.3, -0.25) is 9.59 Å². The van der Waals surface area contributed by atoms with Crippen LogP contribution in [-0.4, -0.2) is 61.2 Å². The second-order valence-corrected chi connectivity index (χ2v) is 10.7. The van der Waals surface area contributed by atoms with Crippen LogP contribution in [0.3, 0.4) is 0 Å². The van der Waals surface area contributed by atoms with Gasteiger partial charge in [-0.2, -0.15) is 13.2 Å². The Kier molecular flexibility index (Phi) is 13.2. The minimum absolute atomic E-state index is 0.130. The number of aromatic nitrogens is 1. The van der Waals surface area contributed by atoms with Gasteiger partial charge < -0.3 is 33.9 Å². The molecule has 1 heterocycles. The summed E-state index contributed by atoms with van der Waals surface area (Å²) < 4.78 is 64.4. The Morgan fingerprint density at radius 1 is 0.870 bits per heavy atom. The fraction of sp³-hybridized carbons (Fsp3) is 0.424. The molecule has 250 valence electrons. The number of esters is 1. The summed E-state index contributed by atoms with van der Waals surface area (Å²) in [6, 6.07) is 15.7. The van der Waals surface area contributed by atoms with E-state index in [1.165, 1.54) is 20.3 Å². The molecule has 1 aromatic heterocycles. The zero-order chi connectivity index (χ0) is 33.7. The second kappa shape index (κ2) is 16.8. The fourth-order valence-electron chi connectivity index (χ4n) is 4.28. The summed E-state index contributed by atoms with van der Waals surface area (Å²) in [5.41, 5.74) is 0.571. The summed E-state index contributed by atoms with van der Waals surface area (Å²) >= 11 is 0. The average molecular weight is 650 g/mol. The van der Waals surface area contributed by atoms with Gasteiger partial charge >= 0.3 is 18.1 Å². The lowest BCUT2D eigenvalue weighted by Gasteiger charge is -2.18. The summed E-state index contributed by atoms with van der Waals surface area (Å²) in [5, 5.41) is 18.1. The van der Waals surface area contributed by atoms with Gasteiger partial charge in [-0.05, 0) is 61.2 Å². The van der Waals surface area contributed by atoms with E-state index < -0.39 is 23.8 Å². The highest BCUT2D eigenvalue weighted by molar-refractivity contribution is 5.70. The number of carbonyl (C=O) groups excluding carboxylic acids is 1. The van der Waals surface area contributed by atoms with Crippen molar-refractivity contribution in [1.82, 2.24) is 4.98 Å². The number of methoxy groups -OCH3 is 2. The minimum atomic E-state index is -4.43. The van der Waals surface area contributed by atoms with Crippen molar-refractivity contribution in [2.24, 2.45) is 5.41 Å². The number of hydrogen-bond donors (Lipinski definition) is 2. The van der Waals surface area contributed by atoms with Crippen LogP contribution in [0.1, 0.15) is 61.5 Å². The number of pyridine rings is 1. The van der Waals surface area contributed by atoms with Crippen molar-refractivity contribution < 1.29 is 56.7 Å². The Labute approximate surface area is 265 Å². The van der Waals surface area contributed by atoms with Gasteiger partial charge in [0.15, 0.2) is 0 Å². The second-order valence-electron chi connectivity index (χ2n) is 10.7. The first-order valence-electron chi connectivity index (χ1n) is 14.5. The van der Waals surface area contributed by atoms with Crippen LogP contribution in [0.5, 0.6) is 17.4 Å². The van der Waals surface area contributed by atoms with Crippen molar-refractivity contribution in [1.29, 1.82) is 0 Å². The molecular formula is C33H38F3NO9. The largest absolute Gasteiger partial charge is 0.508 e. The molecule has 0 amide bonds. The van der Waals surface area contributed by atoms with Gasteiger partial charge in [0, 0.05) is 31.9 Å². The van der Waals surface area contributed by atoms with E-state index >= 15 is 0 Å². The molecule has 2 atom stereocenters. The number of hydrogen-bond acceptors (Lipinski definition) is 9. The third-order valence-electron chi connectivity index (χ3n) is 7.20. The zero-order valence-electron chi connectivity index (χ0n) is 25.8. The van der Waals surface area contributed by atoms with Crippen LogP contribution >= 0.6 is 0 Å². The van der Waals surface area contributed by atoms with Crippen molar-refractivity contribution in [2.75, 3.05) is 34.0 Å². The van der Waals surface area contributed by atoms with Crippen molar-refractivity contribution in [3.63, 3.8) is 0 Å². The topological polar surface area (TPSA) is 134 Å². The summed E-state index contributed by atoms with van der Waals surface area (Å²) in [6.45, 7) is 2.83. The molecule has 0 aliphatic heterocycles. The molecule has 4 rings (SSSR count). The van der Waals surface area contributed by atoms with Crippen LogP contribution in [0.4, 0.5) is 13.2 Å². The quantitative estimate of drug-likeness (QED) is 0.175. The molecule has 2 unspecified atom stereocenters. The summed E-state index contributed by atoms with van der Waals surface area (Å²) in [5.74, 6) is -0.275. The molecule has 10 nitrogen and oxygen atoms in total. The Bertz CT molecular complexity index is 1380. The van der Waals surface area contributed by atoms with Gasteiger partial charge in [0.25, 0.3) is 0 Å². The van der Waals surface area contributed by atoms with E-state index in [1.54, 1.807) is 55.5 Å². The predicted octanol–water partition coefficient (Wildman–Crippen LogP) is 6.53. The van der Waals surface area contributed by atoms with Gasteiger partial charge in [-0.1, -0.05) is 24.3 Å². The number of benzene rings is 2. The zero-order valence-corrected chi connectivity index (χ0v) is 25.8. The summed E-state index contributed by atoms with van der Waals surface area (Å²) in [4.78, 5) is 25.9. The van der Waals surface area contributed by atoms with Crippen molar-refractivity contribution >= 4 is 11.9 Å². The molecule has 0 radical (unpaired) electrons. The lowest BCUT2D eigenvalue weighted by Crippen LogP contribution is -2.21. The highest BCUT2D eigenvalue weighted by Gasteiger charge is 2.45. The number of nitrogens with zero attached hydrogens (tertiary/aromatic N) is 1. The lowest BCUT2D eigenvalue weighted by atomic mass is 10.1. The lowest BCUT2D eigenvalue weighted by molar-refractivity contribution is -0.146. The third kappa shape index (κ3) is 11.5. The maximum atomic E-state index is 12.6. The van der Waals surface area contributed by atoms with E-state index in [4.69, 9.17) is 33.9 Å². The third-order valence-corrected chi connectivity index (χ3v) is 7.20. The molecule has 0 bridgehead atoms. The van der Waals surface area contributed by atoms with E-state index in [0.29, 0.717) is 25.6 Å². The van der Waals surface area contributed by atoms with Crippen molar-refractivity contribution in [3.05, 3.63) is 83.6 Å². The van der Waals surface area contributed by atoms with Crippen LogP contribution < -0.4 is 9.47 Å². The first kappa shape index (κ1) is 36.1. The van der Waals surface area contributed by atoms with E-state index in [0.717, 1.165) is 36.2 Å². The first-order valence-corrected chi connectivity index (χ1v) is 14.5. The molecule has 0 spiro atoms. The van der Waals surface area contributed by atoms with Gasteiger partial charge in [-0.15, -0.1) is 0 Å². The minimum Gasteiger partial charge on any atom is -0.508 e. The smallest absolute Gasteiger partial charge is 0.417 e. The molecule has 2 aromatic carbocycles. The number of rotatable bonds is 15. The van der Waals surface area contributed by atoms with Crippen LogP contribution in [-0.2, 0) is 30.0 Å². The number of alkyl halides is 3. The fourth-order valence-corrected chi connectivity index (χ4v) is 4.28. The highest BCUT2D eigenvalue weighted by Crippen LogP contribution is 2.46. The number of carboxylic acid groups (broad SMARTS) is 1. The molecule has 46 heavy (non-hydrogen) atoms. The molecule has 13 heteroatoms. The summed E-state index contributed by atoms with van der Waals surface area (Å²) in [6.07, 6.45) is -2.72. The Hall–Kier alpha value is -4.36. The Balaban J connectivity index is 0.000000304. The molecule has 1 saturated carbocycles. The van der Waals surface area contributed by atoms with Crippen molar-refractivity contribution in [3.8, 4) is 17.4 Å². The molecule has 1 fully saturated rings. The first-order chi connectivity index (χ1) is 21.9. The number of aromatic hydroxyl groups is 1. The number of ether oxygens (including phenoxy) is 5. The highest BCUT2D eigenvalue weighted by atomic mass is 19.4. The van der Waals surface area contributed by atoms with Gasteiger partial charge in [0.2, 0.25) is 5.88 Å². The molecule has 3 aromatic rings. The molecule has 0 saturated heterocycles. The van der Waals surface area contributed by atoms with Crippen LogP contribution in [0.15, 0.2) is 66.9 Å². The van der Waals surface area contributed by atoms with Crippen LogP contribution in [0.2, 0.25) is 0 Å². The van der Waals surface area contributed by atoms with Gasteiger partial charge in [-0.25, -0.2) is 4.98 Å². The molecule has 2 N–H and O–H groups in total. The maximum Gasteiger partial charge on any atom is 0.417 e. The van der Waals surface area contributed by atoms with Crippen LogP contribution in [0.25, 0.3) is 0 Å². The van der Waals surface area contributed by atoms with Crippen LogP contribution in [0, 0.1) is 5.41 Å². The van der Waals surface area contributed by atoms with E-state index in [9.17, 15) is 22.8 Å². The number of halogens is 3. The average Bonchev–Trinajstić information content (AvgIpc) is 3.81. The summed E-state index contributed by atoms with van der Waals surface area (Å²) in [7, 11) is 3.00. The normalized spacial score (nSPS) is 14.7. The van der Waals surface area contributed by atoms with Crippen molar-refractivity contribution in [2.45, 2.75) is 51.0 Å². The number of carboxylic acids is 1. The van der Waals surface area contributed by atoms with Gasteiger partial charge in [0.1, 0.15) is 11.5 Å². The Morgan fingerprint density at radius 3 is 1.91 bits per heavy atom. The number of aliphatic carboxylic acids is 1.